The molecule has 0 unspecified atom stereocenters. The van der Waals surface area contributed by atoms with Crippen LogP contribution in [-0.4, -0.2) is 36.3 Å². The molecule has 0 aliphatic rings. The van der Waals surface area contributed by atoms with Crippen molar-refractivity contribution in [1.82, 2.24) is 14.2 Å². The summed E-state index contributed by atoms with van der Waals surface area (Å²) in [6.07, 6.45) is 1.22. The molecule has 1 aromatic heterocycles. The summed E-state index contributed by atoms with van der Waals surface area (Å²) in [4.78, 5) is 24.4. The van der Waals surface area contributed by atoms with Crippen LogP contribution in [-0.2, 0) is 21.4 Å². The van der Waals surface area contributed by atoms with E-state index < -0.39 is 15.6 Å². The van der Waals surface area contributed by atoms with E-state index in [1.54, 1.807) is 13.8 Å². The zero-order valence-electron chi connectivity index (χ0n) is 15.8. The molecule has 1 N–H and O–H groups in total. The molecule has 1 atom stereocenters. The van der Waals surface area contributed by atoms with Crippen LogP contribution in [0, 0.1) is 0 Å². The van der Waals surface area contributed by atoms with Crippen LogP contribution in [0.25, 0.3) is 0 Å². The first kappa shape index (κ1) is 20.9. The van der Waals surface area contributed by atoms with Gasteiger partial charge in [-0.25, -0.2) is 8.42 Å². The van der Waals surface area contributed by atoms with Gasteiger partial charge in [0.25, 0.3) is 5.56 Å². The fourth-order valence-corrected chi connectivity index (χ4v) is 4.24. The van der Waals surface area contributed by atoms with Crippen LogP contribution in [0.3, 0.4) is 0 Å². The number of nitrogens with one attached hydrogen (secondary N) is 1. The number of rotatable bonds is 8. The second-order valence-electron chi connectivity index (χ2n) is 6.12. The van der Waals surface area contributed by atoms with Crippen LogP contribution < -0.4 is 10.9 Å². The van der Waals surface area contributed by atoms with Crippen LogP contribution in [0.1, 0.15) is 32.4 Å². The Balaban J connectivity index is 2.19. The third-order valence-electron chi connectivity index (χ3n) is 4.29. The molecule has 0 saturated heterocycles. The Morgan fingerprint density at radius 1 is 1.11 bits per heavy atom. The van der Waals surface area contributed by atoms with E-state index in [9.17, 15) is 18.0 Å². The Morgan fingerprint density at radius 3 is 2.33 bits per heavy atom. The number of amides is 1. The van der Waals surface area contributed by atoms with Crippen LogP contribution in [0.2, 0.25) is 0 Å². The maximum Gasteiger partial charge on any atom is 0.251 e. The van der Waals surface area contributed by atoms with Crippen molar-refractivity contribution in [2.45, 2.75) is 38.3 Å². The van der Waals surface area contributed by atoms with Crippen LogP contribution in [0.15, 0.2) is 58.4 Å². The Labute approximate surface area is 159 Å². The fourth-order valence-electron chi connectivity index (χ4n) is 2.77. The molecule has 0 bridgehead atoms. The highest BCUT2D eigenvalue weighted by atomic mass is 32.2. The summed E-state index contributed by atoms with van der Waals surface area (Å²) in [5.41, 5.74) is 0.507. The normalized spacial score (nSPS) is 12.7. The summed E-state index contributed by atoms with van der Waals surface area (Å²) >= 11 is 0. The molecule has 0 aliphatic heterocycles. The van der Waals surface area contributed by atoms with Gasteiger partial charge in [0.05, 0.1) is 10.9 Å². The molecule has 0 spiro atoms. The Morgan fingerprint density at radius 2 is 1.74 bits per heavy atom. The molecule has 0 aliphatic carbocycles. The van der Waals surface area contributed by atoms with Crippen molar-refractivity contribution in [3.05, 3.63) is 64.6 Å². The fraction of sp³-hybridized carbons (Fsp3) is 0.368. The molecular formula is C19H25N3O4S. The Hall–Kier alpha value is -2.45. The SMILES string of the molecule is CCN(CC)S(=O)(=O)c1ccc(=O)n(CC(=O)N[C@@H](C)c2ccccc2)c1. The quantitative estimate of drug-likeness (QED) is 0.743. The van der Waals surface area contributed by atoms with Gasteiger partial charge in [0.15, 0.2) is 0 Å². The van der Waals surface area contributed by atoms with Gasteiger partial charge in [0.1, 0.15) is 6.54 Å². The van der Waals surface area contributed by atoms with E-state index in [0.29, 0.717) is 13.1 Å². The predicted molar refractivity (Wildman–Crippen MR) is 104 cm³/mol. The lowest BCUT2D eigenvalue weighted by atomic mass is 10.1. The smallest absolute Gasteiger partial charge is 0.251 e. The first-order chi connectivity index (χ1) is 12.8. The number of hydrogen-bond acceptors (Lipinski definition) is 4. The van der Waals surface area contributed by atoms with Crippen molar-refractivity contribution >= 4 is 15.9 Å². The van der Waals surface area contributed by atoms with Gasteiger partial charge in [-0.3, -0.25) is 9.59 Å². The highest BCUT2D eigenvalue weighted by Crippen LogP contribution is 2.14. The molecule has 0 saturated carbocycles. The molecule has 7 nitrogen and oxygen atoms in total. The maximum absolute atomic E-state index is 12.6. The second kappa shape index (κ2) is 8.96. The molecule has 0 radical (unpaired) electrons. The van der Waals surface area contributed by atoms with Gasteiger partial charge >= 0.3 is 0 Å². The van der Waals surface area contributed by atoms with Crippen molar-refractivity contribution < 1.29 is 13.2 Å². The van der Waals surface area contributed by atoms with Crippen molar-refractivity contribution in [1.29, 1.82) is 0 Å². The third-order valence-corrected chi connectivity index (χ3v) is 6.32. The summed E-state index contributed by atoms with van der Waals surface area (Å²) in [7, 11) is -3.70. The Kier molecular flexibility index (Phi) is 6.92. The number of nitrogens with zero attached hydrogens (tertiary/aromatic N) is 2. The second-order valence-corrected chi connectivity index (χ2v) is 8.06. The highest BCUT2D eigenvalue weighted by Gasteiger charge is 2.22. The summed E-state index contributed by atoms with van der Waals surface area (Å²) in [6.45, 7) is 5.74. The summed E-state index contributed by atoms with van der Waals surface area (Å²) in [6, 6.07) is 11.7. The molecule has 1 amide bonds. The lowest BCUT2D eigenvalue weighted by Crippen LogP contribution is -2.35. The first-order valence-electron chi connectivity index (χ1n) is 8.84. The number of aromatic nitrogens is 1. The van der Waals surface area contributed by atoms with Gasteiger partial charge in [-0.15, -0.1) is 0 Å². The Bertz CT molecular complexity index is 935. The number of sulfonamides is 1. The highest BCUT2D eigenvalue weighted by molar-refractivity contribution is 7.89. The zero-order valence-corrected chi connectivity index (χ0v) is 16.6. The summed E-state index contributed by atoms with van der Waals surface area (Å²) < 4.78 is 27.6. The van der Waals surface area contributed by atoms with Crippen molar-refractivity contribution in [2.75, 3.05) is 13.1 Å². The van der Waals surface area contributed by atoms with Gasteiger partial charge < -0.3 is 9.88 Å². The summed E-state index contributed by atoms with van der Waals surface area (Å²) in [5, 5.41) is 2.82. The average Bonchev–Trinajstić information content (AvgIpc) is 2.64. The number of carbonyl (C=O) groups is 1. The molecule has 0 fully saturated rings. The molecule has 8 heteroatoms. The van der Waals surface area contributed by atoms with Crippen LogP contribution in [0.4, 0.5) is 0 Å². The monoisotopic (exact) mass is 391 g/mol. The van der Waals surface area contributed by atoms with Crippen molar-refractivity contribution in [3.8, 4) is 0 Å². The number of benzene rings is 1. The van der Waals surface area contributed by atoms with Gasteiger partial charge in [-0.2, -0.15) is 4.31 Å². The predicted octanol–water partition coefficient (Wildman–Crippen LogP) is 1.76. The minimum atomic E-state index is -3.70. The molecule has 1 heterocycles. The largest absolute Gasteiger partial charge is 0.348 e. The first-order valence-corrected chi connectivity index (χ1v) is 10.3. The lowest BCUT2D eigenvalue weighted by Gasteiger charge is -2.19. The van der Waals surface area contributed by atoms with Gasteiger partial charge in [-0.1, -0.05) is 44.2 Å². The number of carbonyl (C=O) groups excluding carboxylic acids is 1. The van der Waals surface area contributed by atoms with Gasteiger partial charge in [0.2, 0.25) is 15.9 Å². The molecule has 1 aromatic carbocycles. The van der Waals surface area contributed by atoms with E-state index in [-0.39, 0.29) is 23.4 Å². The molecular weight excluding hydrogens is 366 g/mol. The van der Waals surface area contributed by atoms with Crippen LogP contribution in [0.5, 0.6) is 0 Å². The van der Waals surface area contributed by atoms with E-state index in [1.807, 2.05) is 37.3 Å². The van der Waals surface area contributed by atoms with Crippen molar-refractivity contribution in [2.24, 2.45) is 0 Å². The van der Waals surface area contributed by atoms with E-state index in [1.165, 1.54) is 22.6 Å². The minimum Gasteiger partial charge on any atom is -0.348 e. The van der Waals surface area contributed by atoms with E-state index in [0.717, 1.165) is 10.1 Å². The lowest BCUT2D eigenvalue weighted by molar-refractivity contribution is -0.122. The summed E-state index contributed by atoms with van der Waals surface area (Å²) in [5.74, 6) is -0.370. The zero-order chi connectivity index (χ0) is 20.0. The minimum absolute atomic E-state index is 0.00490. The van der Waals surface area contributed by atoms with Crippen LogP contribution >= 0.6 is 0 Å². The molecule has 27 heavy (non-hydrogen) atoms. The maximum atomic E-state index is 12.6. The van der Waals surface area contributed by atoms with E-state index in [2.05, 4.69) is 5.32 Å². The molecule has 2 aromatic rings. The van der Waals surface area contributed by atoms with E-state index in [4.69, 9.17) is 0 Å². The van der Waals surface area contributed by atoms with E-state index >= 15 is 0 Å². The average molecular weight is 391 g/mol. The topological polar surface area (TPSA) is 88.5 Å². The number of pyridine rings is 1. The molecule has 2 rings (SSSR count). The standard InChI is InChI=1S/C19H25N3O4S/c1-4-22(5-2)27(25,26)17-11-12-19(24)21(13-17)14-18(23)20-15(3)16-9-7-6-8-10-16/h6-13,15H,4-5,14H2,1-3H3,(H,20,23)/t15-/m0/s1. The number of hydrogen-bond donors (Lipinski definition) is 1. The third kappa shape index (κ3) is 5.05. The van der Waals surface area contributed by atoms with Crippen molar-refractivity contribution in [3.63, 3.8) is 0 Å². The van der Waals surface area contributed by atoms with Gasteiger partial charge in [-0.05, 0) is 18.6 Å². The molecule has 146 valence electrons. The van der Waals surface area contributed by atoms with Gasteiger partial charge in [0, 0.05) is 25.4 Å².